The number of anilines is 2. The summed E-state index contributed by atoms with van der Waals surface area (Å²) in [5.74, 6) is 0.629. The Labute approximate surface area is 129 Å². The second kappa shape index (κ2) is 7.70. The van der Waals surface area contributed by atoms with Crippen LogP contribution in [-0.4, -0.2) is 19.1 Å². The fourth-order valence-electron chi connectivity index (χ4n) is 1.85. The van der Waals surface area contributed by atoms with E-state index in [0.717, 1.165) is 17.1 Å². The van der Waals surface area contributed by atoms with Gasteiger partial charge in [0, 0.05) is 11.4 Å². The van der Waals surface area contributed by atoms with Gasteiger partial charge in [-0.3, -0.25) is 4.79 Å². The smallest absolute Gasteiger partial charge is 0.243 e. The van der Waals surface area contributed by atoms with E-state index in [1.54, 1.807) is 36.4 Å². The topological polar surface area (TPSA) is 74.2 Å². The first-order valence-electron chi connectivity index (χ1n) is 6.98. The largest absolute Gasteiger partial charge is 0.494 e. The molecule has 2 rings (SSSR count). The molecule has 5 heteroatoms. The molecule has 0 bridgehead atoms. The normalized spacial score (nSPS) is 9.64. The molecule has 0 aliphatic carbocycles. The molecule has 0 radical (unpaired) electrons. The second-order valence-corrected chi connectivity index (χ2v) is 4.55. The molecule has 0 saturated carbocycles. The van der Waals surface area contributed by atoms with Crippen LogP contribution in [0.25, 0.3) is 0 Å². The molecule has 1 amide bonds. The van der Waals surface area contributed by atoms with E-state index in [1.807, 2.05) is 25.1 Å². The number of amides is 1. The molecule has 2 N–H and O–H groups in total. The fourth-order valence-corrected chi connectivity index (χ4v) is 1.85. The lowest BCUT2D eigenvalue weighted by Gasteiger charge is -2.09. The van der Waals surface area contributed by atoms with Crippen LogP contribution < -0.4 is 15.4 Å². The van der Waals surface area contributed by atoms with Gasteiger partial charge in [0.1, 0.15) is 5.75 Å². The van der Waals surface area contributed by atoms with Crippen molar-refractivity contribution in [1.82, 2.24) is 0 Å². The van der Waals surface area contributed by atoms with E-state index in [-0.39, 0.29) is 12.5 Å². The summed E-state index contributed by atoms with van der Waals surface area (Å²) in [6, 6.07) is 16.2. The Balaban J connectivity index is 1.83. The number of nitrogens with one attached hydrogen (secondary N) is 2. The molecule has 0 heterocycles. The number of nitriles is 1. The van der Waals surface area contributed by atoms with Crippen LogP contribution >= 0.6 is 0 Å². The van der Waals surface area contributed by atoms with Gasteiger partial charge in [0.2, 0.25) is 5.91 Å². The van der Waals surface area contributed by atoms with Gasteiger partial charge in [-0.1, -0.05) is 0 Å². The molecule has 0 fully saturated rings. The molecule has 0 aliphatic heterocycles. The summed E-state index contributed by atoms with van der Waals surface area (Å²) in [6.07, 6.45) is 0. The Morgan fingerprint density at radius 1 is 1.09 bits per heavy atom. The maximum atomic E-state index is 11.9. The number of hydrogen-bond acceptors (Lipinski definition) is 4. The van der Waals surface area contributed by atoms with Crippen LogP contribution in [0.3, 0.4) is 0 Å². The molecular weight excluding hydrogens is 278 g/mol. The Morgan fingerprint density at radius 3 is 2.32 bits per heavy atom. The van der Waals surface area contributed by atoms with Crippen molar-refractivity contribution in [3.05, 3.63) is 54.1 Å². The van der Waals surface area contributed by atoms with Gasteiger partial charge in [-0.2, -0.15) is 5.26 Å². The van der Waals surface area contributed by atoms with Crippen molar-refractivity contribution in [2.75, 3.05) is 23.8 Å². The molecule has 0 saturated heterocycles. The zero-order chi connectivity index (χ0) is 15.8. The lowest BCUT2D eigenvalue weighted by Crippen LogP contribution is -2.21. The highest BCUT2D eigenvalue weighted by Gasteiger charge is 2.03. The van der Waals surface area contributed by atoms with E-state index in [0.29, 0.717) is 12.2 Å². The van der Waals surface area contributed by atoms with Crippen molar-refractivity contribution in [2.24, 2.45) is 0 Å². The Kier molecular flexibility index (Phi) is 5.38. The molecule has 112 valence electrons. The van der Waals surface area contributed by atoms with Crippen LogP contribution in [0.1, 0.15) is 12.5 Å². The lowest BCUT2D eigenvalue weighted by atomic mass is 10.2. The van der Waals surface area contributed by atoms with Crippen LogP contribution in [0.5, 0.6) is 5.75 Å². The molecule has 2 aromatic rings. The van der Waals surface area contributed by atoms with Gasteiger partial charge in [0.25, 0.3) is 0 Å². The number of nitrogens with zero attached hydrogens (tertiary/aromatic N) is 1. The number of rotatable bonds is 6. The quantitative estimate of drug-likeness (QED) is 0.859. The van der Waals surface area contributed by atoms with E-state index in [4.69, 9.17) is 10.00 Å². The van der Waals surface area contributed by atoms with E-state index < -0.39 is 0 Å². The van der Waals surface area contributed by atoms with Gasteiger partial charge in [-0.25, -0.2) is 0 Å². The first-order chi connectivity index (χ1) is 10.7. The zero-order valence-electron chi connectivity index (χ0n) is 12.3. The summed E-state index contributed by atoms with van der Waals surface area (Å²) in [5, 5.41) is 14.5. The van der Waals surface area contributed by atoms with Crippen LogP contribution in [0.2, 0.25) is 0 Å². The first-order valence-corrected chi connectivity index (χ1v) is 6.98. The highest BCUT2D eigenvalue weighted by Crippen LogP contribution is 2.15. The van der Waals surface area contributed by atoms with Gasteiger partial charge in [0.15, 0.2) is 0 Å². The molecule has 0 atom stereocenters. The summed E-state index contributed by atoms with van der Waals surface area (Å²) in [7, 11) is 0. The molecule has 5 nitrogen and oxygen atoms in total. The van der Waals surface area contributed by atoms with E-state index in [2.05, 4.69) is 10.6 Å². The Morgan fingerprint density at radius 2 is 1.73 bits per heavy atom. The van der Waals surface area contributed by atoms with Crippen molar-refractivity contribution in [3.63, 3.8) is 0 Å². The summed E-state index contributed by atoms with van der Waals surface area (Å²) in [4.78, 5) is 11.9. The van der Waals surface area contributed by atoms with Crippen LogP contribution in [0, 0.1) is 11.3 Å². The number of benzene rings is 2. The predicted molar refractivity (Wildman–Crippen MR) is 85.9 cm³/mol. The average molecular weight is 295 g/mol. The second-order valence-electron chi connectivity index (χ2n) is 4.55. The van der Waals surface area contributed by atoms with Crippen LogP contribution in [-0.2, 0) is 4.79 Å². The lowest BCUT2D eigenvalue weighted by molar-refractivity contribution is -0.114. The number of carbonyl (C=O) groups is 1. The van der Waals surface area contributed by atoms with Crippen molar-refractivity contribution in [1.29, 1.82) is 5.26 Å². The standard InChI is InChI=1S/C17H17N3O2/c1-2-22-16-9-7-15(8-10-16)20-17(21)12-19-14-5-3-13(11-18)4-6-14/h3-10,19H,2,12H2,1H3,(H,20,21). The highest BCUT2D eigenvalue weighted by atomic mass is 16.5. The Bertz CT molecular complexity index is 658. The SMILES string of the molecule is CCOc1ccc(NC(=O)CNc2ccc(C#N)cc2)cc1. The summed E-state index contributed by atoms with van der Waals surface area (Å²) in [6.45, 7) is 2.68. The molecule has 0 aromatic heterocycles. The molecule has 0 unspecified atom stereocenters. The summed E-state index contributed by atoms with van der Waals surface area (Å²) >= 11 is 0. The predicted octanol–water partition coefficient (Wildman–Crippen LogP) is 3.01. The van der Waals surface area contributed by atoms with Crippen LogP contribution in [0.15, 0.2) is 48.5 Å². The van der Waals surface area contributed by atoms with Gasteiger partial charge < -0.3 is 15.4 Å². The zero-order valence-corrected chi connectivity index (χ0v) is 12.3. The van der Waals surface area contributed by atoms with Crippen molar-refractivity contribution in [2.45, 2.75) is 6.92 Å². The van der Waals surface area contributed by atoms with Crippen molar-refractivity contribution < 1.29 is 9.53 Å². The minimum atomic E-state index is -0.145. The average Bonchev–Trinajstić information content (AvgIpc) is 2.55. The van der Waals surface area contributed by atoms with Gasteiger partial charge in [0.05, 0.1) is 24.8 Å². The first kappa shape index (κ1) is 15.4. The third-order valence-corrected chi connectivity index (χ3v) is 2.92. The molecule has 22 heavy (non-hydrogen) atoms. The Hall–Kier alpha value is -3.00. The minimum Gasteiger partial charge on any atom is -0.494 e. The van der Waals surface area contributed by atoms with E-state index >= 15 is 0 Å². The van der Waals surface area contributed by atoms with E-state index in [1.165, 1.54) is 0 Å². The molecular formula is C17H17N3O2. The monoisotopic (exact) mass is 295 g/mol. The summed E-state index contributed by atoms with van der Waals surface area (Å²) in [5.41, 5.74) is 2.10. The molecule has 2 aromatic carbocycles. The van der Waals surface area contributed by atoms with Crippen molar-refractivity contribution >= 4 is 17.3 Å². The number of hydrogen-bond donors (Lipinski definition) is 2. The van der Waals surface area contributed by atoms with E-state index in [9.17, 15) is 4.79 Å². The maximum Gasteiger partial charge on any atom is 0.243 e. The molecule has 0 spiro atoms. The number of ether oxygens (including phenoxy) is 1. The minimum absolute atomic E-state index is 0.145. The van der Waals surface area contributed by atoms with Gasteiger partial charge in [-0.05, 0) is 55.5 Å². The van der Waals surface area contributed by atoms with Gasteiger partial charge >= 0.3 is 0 Å². The van der Waals surface area contributed by atoms with Crippen LogP contribution in [0.4, 0.5) is 11.4 Å². The number of carbonyl (C=O) groups excluding carboxylic acids is 1. The summed E-state index contributed by atoms with van der Waals surface area (Å²) < 4.78 is 5.34. The fraction of sp³-hybridized carbons (Fsp3) is 0.176. The third kappa shape index (κ3) is 4.53. The van der Waals surface area contributed by atoms with Crippen molar-refractivity contribution in [3.8, 4) is 11.8 Å². The van der Waals surface area contributed by atoms with Gasteiger partial charge in [-0.15, -0.1) is 0 Å². The maximum absolute atomic E-state index is 11.9. The molecule has 0 aliphatic rings. The third-order valence-electron chi connectivity index (χ3n) is 2.92. The highest BCUT2D eigenvalue weighted by molar-refractivity contribution is 5.93.